The number of nitrogens with zero attached hydrogens (tertiary/aromatic N) is 1. The highest BCUT2D eigenvalue weighted by Crippen LogP contribution is 2.03. The number of primary amides is 1. The molecule has 0 bridgehead atoms. The molecule has 9 heteroatoms. The molecular formula is C9H12N4O4S. The van der Waals surface area contributed by atoms with Gasteiger partial charge in [0, 0.05) is 11.1 Å². The first-order valence-electron chi connectivity index (χ1n) is 4.92. The Morgan fingerprint density at radius 3 is 2.72 bits per heavy atom. The summed E-state index contributed by atoms with van der Waals surface area (Å²) in [5.41, 5.74) is 6.49. The fourth-order valence-electron chi connectivity index (χ4n) is 1.11. The molecule has 0 saturated carbocycles. The molecule has 0 aromatic carbocycles. The second-order valence-corrected chi connectivity index (χ2v) is 4.33. The first-order chi connectivity index (χ1) is 8.49. The first-order valence-corrected chi connectivity index (χ1v) is 5.80. The molecule has 1 aromatic heterocycles. The van der Waals surface area contributed by atoms with E-state index in [4.69, 9.17) is 10.8 Å². The molecule has 1 aromatic rings. The van der Waals surface area contributed by atoms with Crippen molar-refractivity contribution in [3.63, 3.8) is 0 Å². The molecule has 0 aliphatic heterocycles. The zero-order chi connectivity index (χ0) is 13.5. The highest BCUT2D eigenvalue weighted by Gasteiger charge is 2.21. The molecule has 0 spiro atoms. The maximum absolute atomic E-state index is 11.4. The quantitative estimate of drug-likeness (QED) is 0.541. The van der Waals surface area contributed by atoms with E-state index < -0.39 is 30.4 Å². The van der Waals surface area contributed by atoms with Gasteiger partial charge in [-0.3, -0.25) is 9.78 Å². The third-order valence-corrected chi connectivity index (χ3v) is 2.69. The summed E-state index contributed by atoms with van der Waals surface area (Å²) in [5, 5.41) is 13.4. The Hall–Kier alpha value is -2.16. The van der Waals surface area contributed by atoms with Crippen LogP contribution in [0.25, 0.3) is 0 Å². The lowest BCUT2D eigenvalue weighted by Crippen LogP contribution is -2.47. The number of hydrogen-bond donors (Lipinski definition) is 4. The van der Waals surface area contributed by atoms with Crippen molar-refractivity contribution >= 4 is 29.2 Å². The summed E-state index contributed by atoms with van der Waals surface area (Å²) in [7, 11) is 0. The lowest BCUT2D eigenvalue weighted by molar-refractivity contribution is -0.140. The number of carboxylic acid groups (broad SMARTS) is 1. The zero-order valence-corrected chi connectivity index (χ0v) is 10.1. The minimum Gasteiger partial charge on any atom is -0.480 e. The molecule has 8 nitrogen and oxygen atoms in total. The largest absolute Gasteiger partial charge is 0.480 e. The Labute approximate surface area is 106 Å². The van der Waals surface area contributed by atoms with E-state index in [-0.39, 0.29) is 6.54 Å². The number of aliphatic carboxylic acids is 1. The summed E-state index contributed by atoms with van der Waals surface area (Å²) in [4.78, 5) is 37.4. The minimum absolute atomic E-state index is 0.236. The Balaban J connectivity index is 2.41. The van der Waals surface area contributed by atoms with E-state index >= 15 is 0 Å². The molecule has 0 fully saturated rings. The van der Waals surface area contributed by atoms with Crippen LogP contribution in [0.3, 0.4) is 0 Å². The molecule has 98 valence electrons. The van der Waals surface area contributed by atoms with Crippen LogP contribution in [0.4, 0.5) is 4.79 Å². The van der Waals surface area contributed by atoms with E-state index in [9.17, 15) is 14.4 Å². The second-order valence-electron chi connectivity index (χ2n) is 3.36. The van der Waals surface area contributed by atoms with Gasteiger partial charge < -0.3 is 21.5 Å². The normalized spacial score (nSPS) is 11.6. The number of nitrogens with one attached hydrogen (secondary N) is 2. The topological polar surface area (TPSA) is 134 Å². The first kappa shape index (κ1) is 13.9. The molecule has 1 atom stereocenters. The molecule has 0 aliphatic carbocycles. The summed E-state index contributed by atoms with van der Waals surface area (Å²) in [6.45, 7) is 0.236. The molecule has 5 N–H and O–H groups in total. The van der Waals surface area contributed by atoms with Crippen molar-refractivity contribution in [1.82, 2.24) is 15.6 Å². The van der Waals surface area contributed by atoms with Gasteiger partial charge in [-0.2, -0.15) is 0 Å². The maximum Gasteiger partial charge on any atom is 0.326 e. The van der Waals surface area contributed by atoms with Gasteiger partial charge in [0.2, 0.25) is 5.91 Å². The standard InChI is InChI=1S/C9H12N4O4S/c10-7(14)1-6(8(15)16)13-9(17)12-3-5-2-11-4-18-5/h2,4,6H,1,3H2,(H2,10,14)(H,15,16)(H2,12,13,17)/t6-/m0/s1. The van der Waals surface area contributed by atoms with Crippen molar-refractivity contribution in [2.75, 3.05) is 0 Å². The fourth-order valence-corrected chi connectivity index (χ4v) is 1.64. The maximum atomic E-state index is 11.4. The van der Waals surface area contributed by atoms with E-state index in [0.29, 0.717) is 0 Å². The van der Waals surface area contributed by atoms with Crippen LogP contribution in [-0.2, 0) is 16.1 Å². The molecule has 0 aliphatic rings. The van der Waals surface area contributed by atoms with Crippen molar-refractivity contribution < 1.29 is 19.5 Å². The van der Waals surface area contributed by atoms with Crippen LogP contribution in [0.2, 0.25) is 0 Å². The van der Waals surface area contributed by atoms with Crippen LogP contribution in [0.1, 0.15) is 11.3 Å². The number of hydrogen-bond acceptors (Lipinski definition) is 5. The molecule has 0 unspecified atom stereocenters. The van der Waals surface area contributed by atoms with Crippen molar-refractivity contribution in [2.45, 2.75) is 19.0 Å². The number of rotatable bonds is 6. The van der Waals surface area contributed by atoms with Crippen LogP contribution in [0.5, 0.6) is 0 Å². The van der Waals surface area contributed by atoms with Gasteiger partial charge in [-0.15, -0.1) is 11.3 Å². The predicted octanol–water partition coefficient (Wildman–Crippen LogP) is -0.729. The van der Waals surface area contributed by atoms with E-state index in [1.807, 2.05) is 0 Å². The summed E-state index contributed by atoms with van der Waals surface area (Å²) < 4.78 is 0. The van der Waals surface area contributed by atoms with Gasteiger partial charge in [-0.05, 0) is 0 Å². The van der Waals surface area contributed by atoms with Crippen LogP contribution < -0.4 is 16.4 Å². The van der Waals surface area contributed by atoms with Gasteiger partial charge in [0.25, 0.3) is 0 Å². The SMILES string of the molecule is NC(=O)C[C@H](NC(=O)NCc1cncs1)C(=O)O. The minimum atomic E-state index is -1.33. The number of aromatic nitrogens is 1. The lowest BCUT2D eigenvalue weighted by Gasteiger charge is -2.13. The average Bonchev–Trinajstić information content (AvgIpc) is 2.77. The Kier molecular flexibility index (Phi) is 5.06. The van der Waals surface area contributed by atoms with E-state index in [2.05, 4.69) is 15.6 Å². The number of amides is 3. The Bertz CT molecular complexity index is 434. The molecule has 3 amide bonds. The number of thiazole rings is 1. The Morgan fingerprint density at radius 2 is 2.22 bits per heavy atom. The van der Waals surface area contributed by atoms with E-state index in [0.717, 1.165) is 4.88 Å². The highest BCUT2D eigenvalue weighted by atomic mass is 32.1. The molecule has 1 heterocycles. The van der Waals surface area contributed by atoms with Gasteiger partial charge in [-0.1, -0.05) is 0 Å². The summed E-state index contributed by atoms with van der Waals surface area (Å²) >= 11 is 1.36. The van der Waals surface area contributed by atoms with Gasteiger partial charge in [-0.25, -0.2) is 9.59 Å². The predicted molar refractivity (Wildman–Crippen MR) is 62.7 cm³/mol. The van der Waals surface area contributed by atoms with Crippen LogP contribution >= 0.6 is 11.3 Å². The molecule has 0 radical (unpaired) electrons. The average molecular weight is 272 g/mol. The fraction of sp³-hybridized carbons (Fsp3) is 0.333. The number of nitrogens with two attached hydrogens (primary N) is 1. The summed E-state index contributed by atoms with van der Waals surface area (Å²) in [6.07, 6.45) is 1.13. The van der Waals surface area contributed by atoms with Crippen molar-refractivity contribution in [2.24, 2.45) is 5.73 Å². The number of carboxylic acids is 1. The van der Waals surface area contributed by atoms with E-state index in [1.54, 1.807) is 11.7 Å². The van der Waals surface area contributed by atoms with Gasteiger partial charge in [0.05, 0.1) is 18.5 Å². The summed E-state index contributed by atoms with van der Waals surface area (Å²) in [6, 6.07) is -2.01. The third kappa shape index (κ3) is 4.78. The molecule has 1 rings (SSSR count). The molecule has 0 saturated heterocycles. The van der Waals surface area contributed by atoms with Crippen LogP contribution in [0.15, 0.2) is 11.7 Å². The third-order valence-electron chi connectivity index (χ3n) is 1.92. The molecule has 18 heavy (non-hydrogen) atoms. The van der Waals surface area contributed by atoms with Gasteiger partial charge >= 0.3 is 12.0 Å². The van der Waals surface area contributed by atoms with Gasteiger partial charge in [0.15, 0.2) is 0 Å². The number of carbonyl (C=O) groups is 3. The van der Waals surface area contributed by atoms with Crippen molar-refractivity contribution in [3.05, 3.63) is 16.6 Å². The molecular weight excluding hydrogens is 260 g/mol. The van der Waals surface area contributed by atoms with Crippen LogP contribution in [-0.4, -0.2) is 34.0 Å². The van der Waals surface area contributed by atoms with Crippen LogP contribution in [0, 0.1) is 0 Å². The smallest absolute Gasteiger partial charge is 0.326 e. The second kappa shape index (κ2) is 6.55. The highest BCUT2D eigenvalue weighted by molar-refractivity contribution is 7.09. The number of urea groups is 1. The van der Waals surface area contributed by atoms with Crippen molar-refractivity contribution in [3.8, 4) is 0 Å². The zero-order valence-electron chi connectivity index (χ0n) is 9.25. The van der Waals surface area contributed by atoms with Gasteiger partial charge in [0.1, 0.15) is 6.04 Å². The number of carbonyl (C=O) groups excluding carboxylic acids is 2. The van der Waals surface area contributed by atoms with E-state index in [1.165, 1.54) is 11.3 Å². The summed E-state index contributed by atoms with van der Waals surface area (Å²) in [5.74, 6) is -2.12. The Morgan fingerprint density at radius 1 is 1.50 bits per heavy atom. The monoisotopic (exact) mass is 272 g/mol. The van der Waals surface area contributed by atoms with Crippen molar-refractivity contribution in [1.29, 1.82) is 0 Å². The lowest BCUT2D eigenvalue weighted by atomic mass is 10.2.